The summed E-state index contributed by atoms with van der Waals surface area (Å²) in [4.78, 5) is 31.8. The molecule has 0 saturated heterocycles. The van der Waals surface area contributed by atoms with Crippen LogP contribution in [0.25, 0.3) is 11.5 Å². The minimum absolute atomic E-state index is 0.0227. The molecule has 1 heterocycles. The number of hydrogen-bond donors (Lipinski definition) is 1. The number of carbonyl (C=O) groups excluding carboxylic acids is 2. The molecule has 2 amide bonds. The molecule has 2 N–H and O–H groups in total. The molecule has 0 aliphatic carbocycles. The normalized spacial score (nSPS) is 10.4. The van der Waals surface area contributed by atoms with Gasteiger partial charge in [-0.25, -0.2) is 14.6 Å². The van der Waals surface area contributed by atoms with E-state index in [1.165, 1.54) is 0 Å². The third-order valence-corrected chi connectivity index (χ3v) is 4.37. The molecule has 3 rings (SSSR count). The second-order valence-electron chi connectivity index (χ2n) is 6.55. The fourth-order valence-electron chi connectivity index (χ4n) is 2.77. The van der Waals surface area contributed by atoms with Crippen LogP contribution in [0.5, 0.6) is 5.75 Å². The molecule has 0 bridgehead atoms. The number of aryl methyl sites for hydroxylation is 1. The largest absolute Gasteiger partial charge is 0.533 e. The van der Waals surface area contributed by atoms with E-state index in [9.17, 15) is 9.59 Å². The zero-order chi connectivity index (χ0) is 22.2. The predicted octanol–water partition coefficient (Wildman–Crippen LogP) is 3.85. The lowest BCUT2D eigenvalue weighted by Crippen LogP contribution is -2.37. The molecule has 0 aliphatic rings. The highest BCUT2D eigenvalue weighted by molar-refractivity contribution is 5.73. The molecule has 0 unspecified atom stereocenters. The average Bonchev–Trinajstić information content (AvgIpc) is 3.15. The molecule has 0 fully saturated rings. The first-order valence-corrected chi connectivity index (χ1v) is 9.52. The first kappa shape index (κ1) is 21.7. The first-order valence-electron chi connectivity index (χ1n) is 9.52. The van der Waals surface area contributed by atoms with Crippen LogP contribution in [0, 0.1) is 6.92 Å². The molecule has 0 atom stereocenters. The van der Waals surface area contributed by atoms with Gasteiger partial charge >= 0.3 is 12.2 Å². The van der Waals surface area contributed by atoms with E-state index < -0.39 is 12.2 Å². The summed E-state index contributed by atoms with van der Waals surface area (Å²) in [7, 11) is 1.14. The maximum atomic E-state index is 11.4. The van der Waals surface area contributed by atoms with Crippen molar-refractivity contribution < 1.29 is 28.3 Å². The maximum absolute atomic E-state index is 11.4. The molecular weight excluding hydrogens is 402 g/mol. The van der Waals surface area contributed by atoms with Gasteiger partial charge in [-0.05, 0) is 36.8 Å². The summed E-state index contributed by atoms with van der Waals surface area (Å²) in [5.41, 5.74) is 7.66. The molecule has 0 saturated carbocycles. The van der Waals surface area contributed by atoms with Crippen molar-refractivity contribution in [2.45, 2.75) is 19.9 Å². The number of ether oxygens (including phenoxy) is 2. The number of nitrogens with two attached hydrogens (primary N) is 1. The summed E-state index contributed by atoms with van der Waals surface area (Å²) in [6.07, 6.45) is -0.441. The molecule has 31 heavy (non-hydrogen) atoms. The van der Waals surface area contributed by atoms with E-state index in [1.807, 2.05) is 37.3 Å². The molecular formula is C22H23N3O6. The number of nitrogens with zero attached hydrogens (tertiary/aromatic N) is 2. The predicted molar refractivity (Wildman–Crippen MR) is 111 cm³/mol. The SMILES string of the molecule is COC(=O)ON(Cc1ccc(OCCc2nc(-c3ccccc3)oc2C)cc1)C(N)=O. The Morgan fingerprint density at radius 2 is 1.81 bits per heavy atom. The van der Waals surface area contributed by atoms with Crippen molar-refractivity contribution >= 4 is 12.2 Å². The molecule has 0 aliphatic heterocycles. The van der Waals surface area contributed by atoms with Gasteiger partial charge < -0.3 is 24.5 Å². The Labute approximate surface area is 179 Å². The molecule has 2 aromatic carbocycles. The molecule has 1 aromatic heterocycles. The van der Waals surface area contributed by atoms with Gasteiger partial charge in [0.15, 0.2) is 0 Å². The van der Waals surface area contributed by atoms with E-state index in [0.29, 0.717) is 35.3 Å². The van der Waals surface area contributed by atoms with Crippen LogP contribution >= 0.6 is 0 Å². The van der Waals surface area contributed by atoms with Crippen LogP contribution in [-0.4, -0.2) is 36.0 Å². The number of carbonyl (C=O) groups is 2. The highest BCUT2D eigenvalue weighted by atomic mass is 16.8. The maximum Gasteiger partial charge on any atom is 0.533 e. The highest BCUT2D eigenvalue weighted by Crippen LogP contribution is 2.22. The van der Waals surface area contributed by atoms with Gasteiger partial charge in [-0.1, -0.05) is 30.3 Å². The van der Waals surface area contributed by atoms with Crippen LogP contribution < -0.4 is 10.5 Å². The lowest BCUT2D eigenvalue weighted by Gasteiger charge is -2.18. The summed E-state index contributed by atoms with van der Waals surface area (Å²) in [5.74, 6) is 1.99. The summed E-state index contributed by atoms with van der Waals surface area (Å²) < 4.78 is 15.9. The Bertz CT molecular complexity index is 1020. The Kier molecular flexibility index (Phi) is 7.10. The monoisotopic (exact) mass is 425 g/mol. The van der Waals surface area contributed by atoms with Gasteiger partial charge in [0.2, 0.25) is 5.89 Å². The van der Waals surface area contributed by atoms with Crippen molar-refractivity contribution in [2.24, 2.45) is 5.73 Å². The number of hydrogen-bond acceptors (Lipinski definition) is 7. The summed E-state index contributed by atoms with van der Waals surface area (Å²) >= 11 is 0. The Hall–Kier alpha value is -4.01. The van der Waals surface area contributed by atoms with Gasteiger partial charge in [0.05, 0.1) is 26.0 Å². The number of benzene rings is 2. The zero-order valence-corrected chi connectivity index (χ0v) is 17.2. The van der Waals surface area contributed by atoms with Crippen molar-refractivity contribution in [3.63, 3.8) is 0 Å². The molecule has 3 aromatic rings. The van der Waals surface area contributed by atoms with Crippen LogP contribution in [-0.2, 0) is 22.5 Å². The number of primary amides is 1. The number of aromatic nitrogens is 1. The first-order chi connectivity index (χ1) is 15.0. The van der Waals surface area contributed by atoms with E-state index in [4.69, 9.17) is 19.7 Å². The molecule has 0 spiro atoms. The topological polar surface area (TPSA) is 117 Å². The second-order valence-corrected chi connectivity index (χ2v) is 6.55. The van der Waals surface area contributed by atoms with Gasteiger partial charge in [0.25, 0.3) is 0 Å². The van der Waals surface area contributed by atoms with Crippen molar-refractivity contribution in [3.05, 3.63) is 71.6 Å². The standard InChI is InChI=1S/C22H23N3O6/c1-15-19(24-20(30-15)17-6-4-3-5-7-17)12-13-29-18-10-8-16(9-11-18)14-25(21(23)26)31-22(27)28-2/h3-11H,12-14H2,1-2H3,(H2,23,26). The number of urea groups is 1. The van der Waals surface area contributed by atoms with Gasteiger partial charge in [-0.3, -0.25) is 0 Å². The van der Waals surface area contributed by atoms with Crippen molar-refractivity contribution in [3.8, 4) is 17.2 Å². The van der Waals surface area contributed by atoms with E-state index in [-0.39, 0.29) is 6.54 Å². The van der Waals surface area contributed by atoms with Crippen LogP contribution in [0.1, 0.15) is 17.0 Å². The van der Waals surface area contributed by atoms with Gasteiger partial charge in [0, 0.05) is 12.0 Å². The lowest BCUT2D eigenvalue weighted by atomic mass is 10.2. The van der Waals surface area contributed by atoms with Crippen LogP contribution in [0.15, 0.2) is 59.0 Å². The number of methoxy groups -OCH3 is 1. The number of amides is 2. The fraction of sp³-hybridized carbons (Fsp3) is 0.227. The fourth-order valence-corrected chi connectivity index (χ4v) is 2.77. The minimum Gasteiger partial charge on any atom is -0.493 e. The Balaban J connectivity index is 1.53. The van der Waals surface area contributed by atoms with E-state index >= 15 is 0 Å². The van der Waals surface area contributed by atoms with E-state index in [1.54, 1.807) is 24.3 Å². The molecule has 9 nitrogen and oxygen atoms in total. The van der Waals surface area contributed by atoms with E-state index in [2.05, 4.69) is 9.72 Å². The number of oxazole rings is 1. The lowest BCUT2D eigenvalue weighted by molar-refractivity contribution is -0.0901. The summed E-state index contributed by atoms with van der Waals surface area (Å²) in [6, 6.07) is 15.8. The molecule has 162 valence electrons. The third kappa shape index (κ3) is 5.99. The molecule has 0 radical (unpaired) electrons. The number of rotatable bonds is 7. The molecule has 9 heteroatoms. The summed E-state index contributed by atoms with van der Waals surface area (Å²) in [6.45, 7) is 2.27. The minimum atomic E-state index is -1.03. The van der Waals surface area contributed by atoms with Crippen LogP contribution in [0.2, 0.25) is 0 Å². The average molecular weight is 425 g/mol. The highest BCUT2D eigenvalue weighted by Gasteiger charge is 2.17. The Morgan fingerprint density at radius 1 is 1.10 bits per heavy atom. The number of hydroxylamine groups is 2. The van der Waals surface area contributed by atoms with Gasteiger partial charge in [0.1, 0.15) is 11.5 Å². The smallest absolute Gasteiger partial charge is 0.493 e. The summed E-state index contributed by atoms with van der Waals surface area (Å²) in [5, 5.41) is 0.708. The zero-order valence-electron chi connectivity index (χ0n) is 17.2. The van der Waals surface area contributed by atoms with E-state index in [0.717, 1.165) is 24.1 Å². The van der Waals surface area contributed by atoms with Crippen molar-refractivity contribution in [1.82, 2.24) is 10.0 Å². The quantitative estimate of drug-likeness (QED) is 0.451. The van der Waals surface area contributed by atoms with Gasteiger partial charge in [-0.2, -0.15) is 0 Å². The Morgan fingerprint density at radius 3 is 2.45 bits per heavy atom. The van der Waals surface area contributed by atoms with Crippen LogP contribution in [0.3, 0.4) is 0 Å². The van der Waals surface area contributed by atoms with Crippen molar-refractivity contribution in [2.75, 3.05) is 13.7 Å². The second kappa shape index (κ2) is 10.1. The van der Waals surface area contributed by atoms with Crippen molar-refractivity contribution in [1.29, 1.82) is 0 Å². The van der Waals surface area contributed by atoms with Gasteiger partial charge in [-0.15, -0.1) is 5.06 Å². The third-order valence-electron chi connectivity index (χ3n) is 4.37. The van der Waals surface area contributed by atoms with Crippen LogP contribution in [0.4, 0.5) is 9.59 Å².